The number of ether oxygens (including phenoxy) is 1. The molecular formula is C17H26N2O2. The summed E-state index contributed by atoms with van der Waals surface area (Å²) in [5, 5.41) is 2.91. The monoisotopic (exact) mass is 290 g/mol. The fourth-order valence-electron chi connectivity index (χ4n) is 2.63. The molecule has 1 fully saturated rings. The summed E-state index contributed by atoms with van der Waals surface area (Å²) >= 11 is 0. The van der Waals surface area contributed by atoms with Crippen molar-refractivity contribution in [2.75, 3.05) is 13.2 Å². The maximum atomic E-state index is 12.0. The average molecular weight is 290 g/mol. The van der Waals surface area contributed by atoms with E-state index in [2.05, 4.69) is 5.32 Å². The quantitative estimate of drug-likeness (QED) is 0.818. The molecule has 0 heterocycles. The smallest absolute Gasteiger partial charge is 0.251 e. The Hall–Kier alpha value is -1.39. The van der Waals surface area contributed by atoms with Gasteiger partial charge in [0, 0.05) is 18.2 Å². The van der Waals surface area contributed by atoms with Gasteiger partial charge in [0.2, 0.25) is 0 Å². The summed E-state index contributed by atoms with van der Waals surface area (Å²) in [4.78, 5) is 12.0. The van der Waals surface area contributed by atoms with Gasteiger partial charge >= 0.3 is 0 Å². The number of rotatable bonds is 5. The summed E-state index contributed by atoms with van der Waals surface area (Å²) in [6.45, 7) is 5.18. The molecule has 0 radical (unpaired) electrons. The zero-order chi connectivity index (χ0) is 15.2. The third-order valence-corrected chi connectivity index (χ3v) is 4.23. The Bertz CT molecular complexity index is 480. The van der Waals surface area contributed by atoms with Crippen LogP contribution >= 0.6 is 0 Å². The van der Waals surface area contributed by atoms with E-state index in [0.717, 1.165) is 31.2 Å². The zero-order valence-corrected chi connectivity index (χ0v) is 13.0. The van der Waals surface area contributed by atoms with E-state index in [0.29, 0.717) is 30.9 Å². The normalized spacial score (nSPS) is 22.0. The molecule has 0 aliphatic heterocycles. The van der Waals surface area contributed by atoms with Gasteiger partial charge in [-0.25, -0.2) is 0 Å². The number of carbonyl (C=O) groups is 1. The molecule has 0 atom stereocenters. The summed E-state index contributed by atoms with van der Waals surface area (Å²) in [5.41, 5.74) is 8.91. The second kappa shape index (κ2) is 7.57. The van der Waals surface area contributed by atoms with Crippen LogP contribution in [-0.2, 0) is 4.74 Å². The van der Waals surface area contributed by atoms with Crippen LogP contribution in [0.2, 0.25) is 0 Å². The second-order valence-electron chi connectivity index (χ2n) is 5.96. The van der Waals surface area contributed by atoms with Gasteiger partial charge in [0.1, 0.15) is 0 Å². The molecule has 4 nitrogen and oxygen atoms in total. The lowest BCUT2D eigenvalue weighted by atomic mass is 9.94. The Labute approximate surface area is 127 Å². The van der Waals surface area contributed by atoms with E-state index in [1.165, 1.54) is 5.56 Å². The third kappa shape index (κ3) is 4.83. The minimum absolute atomic E-state index is 0.0348. The van der Waals surface area contributed by atoms with Crippen molar-refractivity contribution in [3.8, 4) is 0 Å². The van der Waals surface area contributed by atoms with Crippen molar-refractivity contribution < 1.29 is 9.53 Å². The largest absolute Gasteiger partial charge is 0.376 e. The molecule has 1 aromatic rings. The van der Waals surface area contributed by atoms with Gasteiger partial charge in [-0.05, 0) is 62.8 Å². The first kappa shape index (κ1) is 16.0. The topological polar surface area (TPSA) is 64.3 Å². The molecule has 1 aromatic carbocycles. The Balaban J connectivity index is 1.68. The molecule has 1 amide bonds. The van der Waals surface area contributed by atoms with Crippen molar-refractivity contribution >= 4 is 5.91 Å². The Morgan fingerprint density at radius 2 is 1.95 bits per heavy atom. The molecule has 1 aliphatic rings. The maximum absolute atomic E-state index is 12.0. The molecule has 21 heavy (non-hydrogen) atoms. The van der Waals surface area contributed by atoms with Crippen LogP contribution in [0, 0.1) is 13.8 Å². The van der Waals surface area contributed by atoms with Crippen molar-refractivity contribution in [1.82, 2.24) is 5.32 Å². The minimum Gasteiger partial charge on any atom is -0.376 e. The molecule has 0 saturated heterocycles. The van der Waals surface area contributed by atoms with E-state index >= 15 is 0 Å². The van der Waals surface area contributed by atoms with E-state index in [1.807, 2.05) is 32.0 Å². The predicted molar refractivity (Wildman–Crippen MR) is 84.4 cm³/mol. The number of nitrogens with two attached hydrogens (primary N) is 1. The summed E-state index contributed by atoms with van der Waals surface area (Å²) in [6, 6.07) is 6.11. The van der Waals surface area contributed by atoms with Gasteiger partial charge in [0.15, 0.2) is 0 Å². The van der Waals surface area contributed by atoms with Gasteiger partial charge < -0.3 is 15.8 Å². The fraction of sp³-hybridized carbons (Fsp3) is 0.588. The van der Waals surface area contributed by atoms with Crippen LogP contribution in [0.4, 0.5) is 0 Å². The summed E-state index contributed by atoms with van der Waals surface area (Å²) < 4.78 is 5.79. The van der Waals surface area contributed by atoms with Gasteiger partial charge in [-0.1, -0.05) is 6.07 Å². The van der Waals surface area contributed by atoms with Gasteiger partial charge in [0.25, 0.3) is 5.91 Å². The number of aryl methyl sites for hydroxylation is 2. The highest BCUT2D eigenvalue weighted by Gasteiger charge is 2.18. The van der Waals surface area contributed by atoms with Crippen LogP contribution in [0.5, 0.6) is 0 Å². The van der Waals surface area contributed by atoms with Crippen LogP contribution < -0.4 is 11.1 Å². The first-order valence-corrected chi connectivity index (χ1v) is 7.79. The summed E-state index contributed by atoms with van der Waals surface area (Å²) in [5.74, 6) is -0.0348. The zero-order valence-electron chi connectivity index (χ0n) is 13.0. The van der Waals surface area contributed by atoms with E-state index in [-0.39, 0.29) is 5.91 Å². The molecule has 3 N–H and O–H groups in total. The molecular weight excluding hydrogens is 264 g/mol. The molecule has 0 aromatic heterocycles. The molecule has 1 aliphatic carbocycles. The Morgan fingerprint density at radius 1 is 1.24 bits per heavy atom. The van der Waals surface area contributed by atoms with Crippen LogP contribution in [0.25, 0.3) is 0 Å². The minimum atomic E-state index is -0.0348. The fourth-order valence-corrected chi connectivity index (χ4v) is 2.63. The van der Waals surface area contributed by atoms with Crippen LogP contribution in [0.3, 0.4) is 0 Å². The lowest BCUT2D eigenvalue weighted by Gasteiger charge is -2.26. The van der Waals surface area contributed by atoms with Gasteiger partial charge in [-0.2, -0.15) is 0 Å². The Morgan fingerprint density at radius 3 is 2.62 bits per heavy atom. The average Bonchev–Trinajstić information content (AvgIpc) is 2.48. The summed E-state index contributed by atoms with van der Waals surface area (Å²) in [6.07, 6.45) is 4.46. The van der Waals surface area contributed by atoms with Gasteiger partial charge in [-0.15, -0.1) is 0 Å². The Kier molecular flexibility index (Phi) is 5.76. The van der Waals surface area contributed by atoms with Crippen LogP contribution in [0.1, 0.15) is 47.2 Å². The second-order valence-corrected chi connectivity index (χ2v) is 5.96. The van der Waals surface area contributed by atoms with Crippen LogP contribution in [0.15, 0.2) is 18.2 Å². The number of benzene rings is 1. The standard InChI is InChI=1S/C17H26N2O2/c1-12-3-4-14(11-13(12)2)17(20)19-9-10-21-16-7-5-15(18)6-8-16/h3-4,11,15-16H,5-10,18H2,1-2H3,(H,19,20). The number of nitrogens with one attached hydrogen (secondary N) is 1. The molecule has 0 unspecified atom stereocenters. The molecule has 1 saturated carbocycles. The van der Waals surface area contributed by atoms with E-state index < -0.39 is 0 Å². The lowest BCUT2D eigenvalue weighted by Crippen LogP contribution is -2.33. The first-order valence-electron chi connectivity index (χ1n) is 7.79. The highest BCUT2D eigenvalue weighted by molar-refractivity contribution is 5.94. The number of carbonyl (C=O) groups excluding carboxylic acids is 1. The lowest BCUT2D eigenvalue weighted by molar-refractivity contribution is 0.0267. The molecule has 4 heteroatoms. The maximum Gasteiger partial charge on any atom is 0.251 e. The van der Waals surface area contributed by atoms with Gasteiger partial charge in [0.05, 0.1) is 12.7 Å². The molecule has 0 bridgehead atoms. The van der Waals surface area contributed by atoms with Crippen molar-refractivity contribution in [2.45, 2.75) is 51.7 Å². The molecule has 116 valence electrons. The van der Waals surface area contributed by atoms with Crippen molar-refractivity contribution in [2.24, 2.45) is 5.73 Å². The highest BCUT2D eigenvalue weighted by atomic mass is 16.5. The number of hydrogen-bond acceptors (Lipinski definition) is 3. The molecule has 0 spiro atoms. The number of hydrogen-bond donors (Lipinski definition) is 2. The predicted octanol–water partition coefficient (Wildman–Crippen LogP) is 2.32. The molecule has 2 rings (SSSR count). The third-order valence-electron chi connectivity index (χ3n) is 4.23. The SMILES string of the molecule is Cc1ccc(C(=O)NCCOC2CCC(N)CC2)cc1C. The first-order chi connectivity index (χ1) is 10.1. The van der Waals surface area contributed by atoms with Crippen molar-refractivity contribution in [3.63, 3.8) is 0 Å². The number of amides is 1. The van der Waals surface area contributed by atoms with E-state index in [4.69, 9.17) is 10.5 Å². The van der Waals surface area contributed by atoms with E-state index in [9.17, 15) is 4.79 Å². The van der Waals surface area contributed by atoms with Crippen molar-refractivity contribution in [1.29, 1.82) is 0 Å². The van der Waals surface area contributed by atoms with Crippen LogP contribution in [-0.4, -0.2) is 31.2 Å². The van der Waals surface area contributed by atoms with Crippen molar-refractivity contribution in [3.05, 3.63) is 34.9 Å². The van der Waals surface area contributed by atoms with E-state index in [1.54, 1.807) is 0 Å². The highest BCUT2D eigenvalue weighted by Crippen LogP contribution is 2.19. The summed E-state index contributed by atoms with van der Waals surface area (Å²) in [7, 11) is 0. The van der Waals surface area contributed by atoms with Gasteiger partial charge in [-0.3, -0.25) is 4.79 Å².